The number of benzene rings is 1. The van der Waals surface area contributed by atoms with Crippen LogP contribution in [-0.2, 0) is 5.54 Å². The summed E-state index contributed by atoms with van der Waals surface area (Å²) in [6.45, 7) is 6.35. The largest absolute Gasteiger partial charge is 0.497 e. The summed E-state index contributed by atoms with van der Waals surface area (Å²) >= 11 is 0. The summed E-state index contributed by atoms with van der Waals surface area (Å²) in [5.41, 5.74) is 7.15. The van der Waals surface area contributed by atoms with Gasteiger partial charge in [-0.1, -0.05) is 20.8 Å². The molecule has 3 nitrogen and oxygen atoms in total. The third-order valence-electron chi connectivity index (χ3n) is 3.52. The maximum Gasteiger partial charge on any atom is 0.124 e. The van der Waals surface area contributed by atoms with Crippen molar-refractivity contribution in [2.45, 2.75) is 32.7 Å². The molecule has 0 aromatic heterocycles. The zero-order chi connectivity index (χ0) is 13.1. The van der Waals surface area contributed by atoms with E-state index in [1.54, 1.807) is 14.2 Å². The second kappa shape index (κ2) is 5.41. The Balaban J connectivity index is 3.34. The Morgan fingerprint density at radius 1 is 1.24 bits per heavy atom. The van der Waals surface area contributed by atoms with Gasteiger partial charge in [0.05, 0.1) is 14.2 Å². The van der Waals surface area contributed by atoms with E-state index in [-0.39, 0.29) is 5.54 Å². The lowest BCUT2D eigenvalue weighted by Crippen LogP contribution is -2.41. The van der Waals surface area contributed by atoms with Crippen LogP contribution in [-0.4, -0.2) is 14.2 Å². The van der Waals surface area contributed by atoms with E-state index in [1.807, 2.05) is 18.2 Å². The van der Waals surface area contributed by atoms with Crippen LogP contribution in [0.15, 0.2) is 18.2 Å². The number of rotatable bonds is 5. The van der Waals surface area contributed by atoms with Crippen LogP contribution in [0.4, 0.5) is 0 Å². The van der Waals surface area contributed by atoms with Gasteiger partial charge in [-0.25, -0.2) is 0 Å². The standard InChI is InChI=1S/C14H23NO2/c1-6-14(15,10(2)3)12-9-11(16-4)7-8-13(12)17-5/h7-10H,6,15H2,1-5H3. The van der Waals surface area contributed by atoms with Crippen molar-refractivity contribution < 1.29 is 9.47 Å². The van der Waals surface area contributed by atoms with Crippen LogP contribution in [0.5, 0.6) is 11.5 Å². The zero-order valence-electron chi connectivity index (χ0n) is 11.4. The first-order chi connectivity index (χ1) is 7.99. The van der Waals surface area contributed by atoms with E-state index in [0.29, 0.717) is 5.92 Å². The van der Waals surface area contributed by atoms with Crippen molar-refractivity contribution in [3.05, 3.63) is 23.8 Å². The molecule has 0 saturated heterocycles. The SMILES string of the molecule is CCC(N)(c1cc(OC)ccc1OC)C(C)C. The number of methoxy groups -OCH3 is 2. The lowest BCUT2D eigenvalue weighted by atomic mass is 9.78. The van der Waals surface area contributed by atoms with Gasteiger partial charge >= 0.3 is 0 Å². The molecule has 1 aromatic rings. The topological polar surface area (TPSA) is 44.5 Å². The van der Waals surface area contributed by atoms with Gasteiger partial charge in [0.25, 0.3) is 0 Å². The fraction of sp³-hybridized carbons (Fsp3) is 0.571. The highest BCUT2D eigenvalue weighted by Crippen LogP contribution is 2.38. The van der Waals surface area contributed by atoms with Crippen LogP contribution in [0.1, 0.15) is 32.8 Å². The van der Waals surface area contributed by atoms with Gasteiger partial charge in [-0.3, -0.25) is 0 Å². The van der Waals surface area contributed by atoms with Crippen LogP contribution >= 0.6 is 0 Å². The molecule has 0 fully saturated rings. The van der Waals surface area contributed by atoms with Crippen LogP contribution in [0.25, 0.3) is 0 Å². The summed E-state index contributed by atoms with van der Waals surface area (Å²) < 4.78 is 10.7. The average Bonchev–Trinajstić information content (AvgIpc) is 2.36. The molecule has 1 unspecified atom stereocenters. The van der Waals surface area contributed by atoms with E-state index < -0.39 is 0 Å². The van der Waals surface area contributed by atoms with Gasteiger partial charge in [0.2, 0.25) is 0 Å². The minimum absolute atomic E-state index is 0.327. The number of hydrogen-bond donors (Lipinski definition) is 1. The molecule has 1 rings (SSSR count). The molecule has 0 aliphatic carbocycles. The van der Waals surface area contributed by atoms with Crippen molar-refractivity contribution in [2.75, 3.05) is 14.2 Å². The van der Waals surface area contributed by atoms with Crippen molar-refractivity contribution in [3.8, 4) is 11.5 Å². The molecule has 96 valence electrons. The first-order valence-electron chi connectivity index (χ1n) is 6.01. The fourth-order valence-electron chi connectivity index (χ4n) is 2.09. The lowest BCUT2D eigenvalue weighted by Gasteiger charge is -2.34. The summed E-state index contributed by atoms with van der Waals surface area (Å²) in [4.78, 5) is 0. The molecular weight excluding hydrogens is 214 g/mol. The van der Waals surface area contributed by atoms with E-state index in [9.17, 15) is 0 Å². The molecule has 0 bridgehead atoms. The van der Waals surface area contributed by atoms with Crippen molar-refractivity contribution in [1.82, 2.24) is 0 Å². The normalized spacial score (nSPS) is 14.5. The number of hydrogen-bond acceptors (Lipinski definition) is 3. The van der Waals surface area contributed by atoms with Crippen LogP contribution in [0.3, 0.4) is 0 Å². The molecule has 0 heterocycles. The summed E-state index contributed by atoms with van der Waals surface area (Å²) in [5.74, 6) is 1.96. The highest BCUT2D eigenvalue weighted by atomic mass is 16.5. The molecule has 3 heteroatoms. The third kappa shape index (κ3) is 2.55. The average molecular weight is 237 g/mol. The molecule has 0 spiro atoms. The van der Waals surface area contributed by atoms with Gasteiger partial charge in [-0.15, -0.1) is 0 Å². The van der Waals surface area contributed by atoms with Gasteiger partial charge in [-0.05, 0) is 30.5 Å². The van der Waals surface area contributed by atoms with Gasteiger partial charge < -0.3 is 15.2 Å². The number of ether oxygens (including phenoxy) is 2. The smallest absolute Gasteiger partial charge is 0.124 e. The summed E-state index contributed by atoms with van der Waals surface area (Å²) in [6, 6.07) is 5.77. The maximum atomic E-state index is 6.53. The first-order valence-corrected chi connectivity index (χ1v) is 6.01. The maximum absolute atomic E-state index is 6.53. The molecule has 2 N–H and O–H groups in total. The van der Waals surface area contributed by atoms with Crippen LogP contribution in [0.2, 0.25) is 0 Å². The Morgan fingerprint density at radius 3 is 2.29 bits per heavy atom. The Bertz CT molecular complexity index is 376. The molecule has 0 saturated carbocycles. The molecule has 0 radical (unpaired) electrons. The van der Waals surface area contributed by atoms with E-state index >= 15 is 0 Å². The molecule has 0 aliphatic rings. The predicted molar refractivity (Wildman–Crippen MR) is 70.5 cm³/mol. The van der Waals surface area contributed by atoms with E-state index in [0.717, 1.165) is 23.5 Å². The Kier molecular flexibility index (Phi) is 4.40. The van der Waals surface area contributed by atoms with Crippen molar-refractivity contribution in [1.29, 1.82) is 0 Å². The second-order valence-corrected chi connectivity index (χ2v) is 4.61. The predicted octanol–water partition coefficient (Wildman–Crippen LogP) is 2.92. The fourth-order valence-corrected chi connectivity index (χ4v) is 2.09. The monoisotopic (exact) mass is 237 g/mol. The van der Waals surface area contributed by atoms with Crippen molar-refractivity contribution >= 4 is 0 Å². The van der Waals surface area contributed by atoms with E-state index in [2.05, 4.69) is 20.8 Å². The summed E-state index contributed by atoms with van der Waals surface area (Å²) in [5, 5.41) is 0. The third-order valence-corrected chi connectivity index (χ3v) is 3.52. The Morgan fingerprint density at radius 2 is 1.88 bits per heavy atom. The molecule has 0 aliphatic heterocycles. The molecular formula is C14H23NO2. The summed E-state index contributed by atoms with van der Waals surface area (Å²) in [7, 11) is 3.33. The highest BCUT2D eigenvalue weighted by molar-refractivity contribution is 5.44. The van der Waals surface area contributed by atoms with E-state index in [1.165, 1.54) is 0 Å². The second-order valence-electron chi connectivity index (χ2n) is 4.61. The molecule has 1 aromatic carbocycles. The van der Waals surface area contributed by atoms with Gasteiger partial charge in [-0.2, -0.15) is 0 Å². The molecule has 0 amide bonds. The highest BCUT2D eigenvalue weighted by Gasteiger charge is 2.32. The van der Waals surface area contributed by atoms with E-state index in [4.69, 9.17) is 15.2 Å². The Labute approximate surface area is 104 Å². The lowest BCUT2D eigenvalue weighted by molar-refractivity contribution is 0.288. The minimum Gasteiger partial charge on any atom is -0.497 e. The van der Waals surface area contributed by atoms with Crippen molar-refractivity contribution in [3.63, 3.8) is 0 Å². The molecule has 17 heavy (non-hydrogen) atoms. The van der Waals surface area contributed by atoms with Crippen LogP contribution < -0.4 is 15.2 Å². The minimum atomic E-state index is -0.389. The number of nitrogens with two attached hydrogens (primary N) is 1. The quantitative estimate of drug-likeness (QED) is 0.856. The van der Waals surface area contributed by atoms with Gasteiger partial charge in [0.1, 0.15) is 11.5 Å². The van der Waals surface area contributed by atoms with Gasteiger partial charge in [0.15, 0.2) is 0 Å². The molecule has 1 atom stereocenters. The van der Waals surface area contributed by atoms with Crippen molar-refractivity contribution in [2.24, 2.45) is 11.7 Å². The Hall–Kier alpha value is -1.22. The first kappa shape index (κ1) is 13.8. The van der Waals surface area contributed by atoms with Crippen LogP contribution in [0, 0.1) is 5.92 Å². The summed E-state index contributed by atoms with van der Waals surface area (Å²) in [6.07, 6.45) is 0.855. The van der Waals surface area contributed by atoms with Gasteiger partial charge in [0, 0.05) is 11.1 Å². The zero-order valence-corrected chi connectivity index (χ0v) is 11.4.